The molecule has 26 heavy (non-hydrogen) atoms. The summed E-state index contributed by atoms with van der Waals surface area (Å²) in [7, 11) is 0. The molecule has 1 fully saturated rings. The van der Waals surface area contributed by atoms with Crippen LogP contribution < -0.4 is 10.6 Å². The van der Waals surface area contributed by atoms with Crippen LogP contribution in [-0.2, 0) is 10.3 Å². The Bertz CT molecular complexity index is 766. The maximum atomic E-state index is 12.5. The quantitative estimate of drug-likeness (QED) is 0.819. The summed E-state index contributed by atoms with van der Waals surface area (Å²) in [5.74, 6) is 0.594. The Morgan fingerprint density at radius 3 is 2.88 bits per heavy atom. The summed E-state index contributed by atoms with van der Waals surface area (Å²) in [5.41, 5.74) is -0.333. The van der Waals surface area contributed by atoms with Gasteiger partial charge in [0.15, 0.2) is 5.82 Å². The first-order valence-electron chi connectivity index (χ1n) is 8.14. The lowest BCUT2D eigenvalue weighted by Crippen LogP contribution is -2.42. The van der Waals surface area contributed by atoms with Gasteiger partial charge in [0.2, 0.25) is 5.89 Å². The number of aromatic nitrogens is 2. The van der Waals surface area contributed by atoms with Crippen LogP contribution in [0.5, 0.6) is 0 Å². The van der Waals surface area contributed by atoms with Crippen molar-refractivity contribution in [1.82, 2.24) is 20.8 Å². The highest BCUT2D eigenvalue weighted by Gasteiger charge is 2.33. The van der Waals surface area contributed by atoms with Gasteiger partial charge in [-0.2, -0.15) is 4.98 Å². The molecule has 7 nitrogen and oxygen atoms in total. The molecule has 2 atom stereocenters. The van der Waals surface area contributed by atoms with Crippen LogP contribution in [0.4, 0.5) is 0 Å². The number of benzene rings is 1. The third-order valence-corrected chi connectivity index (χ3v) is 4.33. The molecule has 1 aliphatic rings. The highest BCUT2D eigenvalue weighted by Crippen LogP contribution is 2.24. The number of halogens is 2. The Morgan fingerprint density at radius 1 is 1.42 bits per heavy atom. The first kappa shape index (κ1) is 20.6. The molecule has 0 bridgehead atoms. The van der Waals surface area contributed by atoms with Gasteiger partial charge in [-0.25, -0.2) is 0 Å². The topological polar surface area (TPSA) is 89.3 Å². The summed E-state index contributed by atoms with van der Waals surface area (Å²) < 4.78 is 11.0. The Hall–Kier alpha value is -1.67. The number of ether oxygens (including phenoxy) is 1. The van der Waals surface area contributed by atoms with Crippen LogP contribution in [0.15, 0.2) is 28.8 Å². The summed E-state index contributed by atoms with van der Waals surface area (Å²) in [6.45, 7) is 6.96. The minimum Gasteiger partial charge on any atom is -0.375 e. The number of amides is 1. The highest BCUT2D eigenvalue weighted by molar-refractivity contribution is 6.30. The van der Waals surface area contributed by atoms with Crippen molar-refractivity contribution in [3.05, 3.63) is 46.6 Å². The van der Waals surface area contributed by atoms with Gasteiger partial charge < -0.3 is 19.9 Å². The zero-order chi connectivity index (χ0) is 18.0. The SMILES string of the molecule is C[C@H]1OCCN[C@@H]1c1nc(C(C)(C)NC(=O)c2cccc(Cl)c2)no1.Cl. The summed E-state index contributed by atoms with van der Waals surface area (Å²) in [6, 6.07) is 6.60. The van der Waals surface area contributed by atoms with E-state index in [1.807, 2.05) is 20.8 Å². The summed E-state index contributed by atoms with van der Waals surface area (Å²) in [6.07, 6.45) is -0.0637. The number of nitrogens with zero attached hydrogens (tertiary/aromatic N) is 2. The maximum absolute atomic E-state index is 12.5. The molecule has 1 aliphatic heterocycles. The second-order valence-electron chi connectivity index (χ2n) is 6.55. The van der Waals surface area contributed by atoms with Crippen LogP contribution in [0, 0.1) is 0 Å². The minimum absolute atomic E-state index is 0. The number of carbonyl (C=O) groups is 1. The largest absolute Gasteiger partial charge is 0.375 e. The maximum Gasteiger partial charge on any atom is 0.252 e. The Morgan fingerprint density at radius 2 is 2.19 bits per heavy atom. The lowest BCUT2D eigenvalue weighted by molar-refractivity contribution is -0.00136. The molecule has 0 aliphatic carbocycles. The van der Waals surface area contributed by atoms with Crippen LogP contribution >= 0.6 is 24.0 Å². The van der Waals surface area contributed by atoms with Gasteiger partial charge in [0.1, 0.15) is 6.04 Å². The van der Waals surface area contributed by atoms with Crippen molar-refractivity contribution in [2.24, 2.45) is 0 Å². The Labute approximate surface area is 163 Å². The molecule has 9 heteroatoms. The third-order valence-electron chi connectivity index (χ3n) is 4.10. The molecule has 1 aromatic carbocycles. The molecule has 1 amide bonds. The molecule has 0 radical (unpaired) electrons. The van der Waals surface area contributed by atoms with Gasteiger partial charge >= 0.3 is 0 Å². The van der Waals surface area contributed by atoms with Crippen molar-refractivity contribution in [2.45, 2.75) is 38.5 Å². The van der Waals surface area contributed by atoms with E-state index in [0.29, 0.717) is 28.9 Å². The van der Waals surface area contributed by atoms with Crippen LogP contribution in [0.3, 0.4) is 0 Å². The molecule has 2 N–H and O–H groups in total. The number of rotatable bonds is 4. The van der Waals surface area contributed by atoms with Crippen LogP contribution in [0.25, 0.3) is 0 Å². The molecule has 3 rings (SSSR count). The smallest absolute Gasteiger partial charge is 0.252 e. The number of morpholine rings is 1. The van der Waals surface area contributed by atoms with Crippen LogP contribution in [-0.4, -0.2) is 35.3 Å². The van der Waals surface area contributed by atoms with Gasteiger partial charge in [-0.05, 0) is 39.0 Å². The highest BCUT2D eigenvalue weighted by atomic mass is 35.5. The van der Waals surface area contributed by atoms with E-state index in [2.05, 4.69) is 20.8 Å². The average Bonchev–Trinajstić information content (AvgIpc) is 3.05. The first-order chi connectivity index (χ1) is 11.9. The van der Waals surface area contributed by atoms with Gasteiger partial charge in [0, 0.05) is 17.1 Å². The Balaban J connectivity index is 0.00000243. The summed E-state index contributed by atoms with van der Waals surface area (Å²) in [5, 5.41) is 10.8. The second kappa shape index (κ2) is 8.35. The fourth-order valence-electron chi connectivity index (χ4n) is 2.67. The van der Waals surface area contributed by atoms with Crippen molar-refractivity contribution in [1.29, 1.82) is 0 Å². The van der Waals surface area contributed by atoms with Crippen molar-refractivity contribution in [2.75, 3.05) is 13.2 Å². The molecular weight excluding hydrogens is 379 g/mol. The molecule has 1 aromatic heterocycles. The van der Waals surface area contributed by atoms with E-state index in [1.54, 1.807) is 24.3 Å². The lowest BCUT2D eigenvalue weighted by atomic mass is 10.0. The number of nitrogens with one attached hydrogen (secondary N) is 2. The van der Waals surface area contributed by atoms with Gasteiger partial charge in [-0.15, -0.1) is 12.4 Å². The number of carbonyl (C=O) groups excluding carboxylic acids is 1. The van der Waals surface area contributed by atoms with Crippen molar-refractivity contribution in [3.8, 4) is 0 Å². The second-order valence-corrected chi connectivity index (χ2v) is 6.99. The summed E-state index contributed by atoms with van der Waals surface area (Å²) >= 11 is 5.94. The molecule has 0 saturated carbocycles. The molecule has 0 unspecified atom stereocenters. The van der Waals surface area contributed by atoms with E-state index in [1.165, 1.54) is 0 Å². The molecular formula is C17H22Cl2N4O3. The molecule has 142 valence electrons. The summed E-state index contributed by atoms with van der Waals surface area (Å²) in [4.78, 5) is 16.9. The van der Waals surface area contributed by atoms with Crippen molar-refractivity contribution >= 4 is 29.9 Å². The number of hydrogen-bond acceptors (Lipinski definition) is 6. The van der Waals surface area contributed by atoms with Crippen LogP contribution in [0.2, 0.25) is 5.02 Å². The predicted molar refractivity (Wildman–Crippen MR) is 99.6 cm³/mol. The first-order valence-corrected chi connectivity index (χ1v) is 8.52. The van der Waals surface area contributed by atoms with Gasteiger partial charge in [0.25, 0.3) is 5.91 Å². The normalized spacial score (nSPS) is 20.3. The fourth-order valence-corrected chi connectivity index (χ4v) is 2.86. The Kier molecular flexibility index (Phi) is 6.63. The van der Waals surface area contributed by atoms with Crippen molar-refractivity contribution in [3.63, 3.8) is 0 Å². The monoisotopic (exact) mass is 400 g/mol. The van der Waals surface area contributed by atoms with Gasteiger partial charge in [0.05, 0.1) is 18.2 Å². The van der Waals surface area contributed by atoms with E-state index >= 15 is 0 Å². The van der Waals surface area contributed by atoms with E-state index in [9.17, 15) is 4.79 Å². The van der Waals surface area contributed by atoms with Gasteiger partial charge in [-0.3, -0.25) is 4.79 Å². The van der Waals surface area contributed by atoms with Crippen LogP contribution in [0.1, 0.15) is 48.9 Å². The average molecular weight is 401 g/mol. The third kappa shape index (κ3) is 4.54. The zero-order valence-corrected chi connectivity index (χ0v) is 16.4. The minimum atomic E-state index is -0.806. The van der Waals surface area contributed by atoms with E-state index in [0.717, 1.165) is 6.54 Å². The zero-order valence-electron chi connectivity index (χ0n) is 14.8. The molecule has 1 saturated heterocycles. The predicted octanol–water partition coefficient (Wildman–Crippen LogP) is 2.86. The van der Waals surface area contributed by atoms with Crippen molar-refractivity contribution < 1.29 is 14.1 Å². The molecule has 2 aromatic rings. The molecule has 0 spiro atoms. The lowest BCUT2D eigenvalue weighted by Gasteiger charge is -2.27. The fraction of sp³-hybridized carbons (Fsp3) is 0.471. The standard InChI is InChI=1S/C17H21ClN4O3.ClH/c1-10-13(19-7-8-24-10)15-20-16(22-25-15)17(2,3)21-14(23)11-5-4-6-12(18)9-11;/h4-6,9-10,13,19H,7-8H2,1-3H3,(H,21,23);1H/t10-,13+;/m1./s1. The van der Waals surface area contributed by atoms with E-state index in [4.69, 9.17) is 20.9 Å². The van der Waals surface area contributed by atoms with E-state index in [-0.39, 0.29) is 30.5 Å². The number of hydrogen-bond donors (Lipinski definition) is 2. The molecule has 2 heterocycles. The van der Waals surface area contributed by atoms with Gasteiger partial charge in [-0.1, -0.05) is 22.8 Å². The van der Waals surface area contributed by atoms with E-state index < -0.39 is 5.54 Å².